The van der Waals surface area contributed by atoms with Gasteiger partial charge in [0, 0.05) is 6.04 Å². The Balaban J connectivity index is 2.39. The highest BCUT2D eigenvalue weighted by Gasteiger charge is 2.24. The van der Waals surface area contributed by atoms with Crippen molar-refractivity contribution in [1.29, 1.82) is 0 Å². The van der Waals surface area contributed by atoms with E-state index in [1.807, 2.05) is 13.0 Å². The molecule has 1 unspecified atom stereocenters. The Kier molecular flexibility index (Phi) is 2.79. The van der Waals surface area contributed by atoms with E-state index < -0.39 is 0 Å². The number of likely N-dealkylation sites (tertiary alicyclic amines) is 1. The van der Waals surface area contributed by atoms with E-state index in [0.717, 1.165) is 24.1 Å². The third-order valence-electron chi connectivity index (χ3n) is 3.43. The van der Waals surface area contributed by atoms with Crippen molar-refractivity contribution in [3.8, 4) is 0 Å². The van der Waals surface area contributed by atoms with Crippen LogP contribution in [0.15, 0.2) is 12.1 Å². The minimum absolute atomic E-state index is 0.0732. The van der Waals surface area contributed by atoms with Crippen LogP contribution < -0.4 is 0 Å². The Morgan fingerprint density at radius 2 is 2.00 bits per heavy atom. The Hall–Kier alpha value is -0.890. The van der Waals surface area contributed by atoms with Gasteiger partial charge in [0.1, 0.15) is 5.82 Å². The van der Waals surface area contributed by atoms with Crippen LogP contribution in [0.2, 0.25) is 0 Å². The maximum Gasteiger partial charge on any atom is 0.126 e. The predicted octanol–water partition coefficient (Wildman–Crippen LogP) is 3.21. The first-order valence-corrected chi connectivity index (χ1v) is 5.56. The zero-order valence-electron chi connectivity index (χ0n) is 9.68. The SMILES string of the molecule is Cc1cc(C)c(C2CCCN2C)cc1F. The van der Waals surface area contributed by atoms with E-state index >= 15 is 0 Å². The summed E-state index contributed by atoms with van der Waals surface area (Å²) in [5, 5.41) is 0. The van der Waals surface area contributed by atoms with Gasteiger partial charge in [-0.2, -0.15) is 0 Å². The molecule has 0 aliphatic carbocycles. The fourth-order valence-corrected chi connectivity index (χ4v) is 2.50. The molecule has 82 valence electrons. The summed E-state index contributed by atoms with van der Waals surface area (Å²) >= 11 is 0. The first-order chi connectivity index (χ1) is 7.09. The van der Waals surface area contributed by atoms with Gasteiger partial charge in [0.15, 0.2) is 0 Å². The second kappa shape index (κ2) is 3.93. The molecule has 2 rings (SSSR count). The molecular formula is C13H18FN. The summed E-state index contributed by atoms with van der Waals surface area (Å²) in [6.07, 6.45) is 2.37. The molecule has 0 radical (unpaired) electrons. The molecule has 0 amide bonds. The van der Waals surface area contributed by atoms with Gasteiger partial charge in [0.05, 0.1) is 0 Å². The minimum Gasteiger partial charge on any atom is -0.299 e. The van der Waals surface area contributed by atoms with Crippen LogP contribution in [0.5, 0.6) is 0 Å². The van der Waals surface area contributed by atoms with Crippen LogP contribution in [0.25, 0.3) is 0 Å². The fraction of sp³-hybridized carbons (Fsp3) is 0.538. The highest BCUT2D eigenvalue weighted by molar-refractivity contribution is 5.34. The molecule has 1 aromatic rings. The largest absolute Gasteiger partial charge is 0.299 e. The number of nitrogens with zero attached hydrogens (tertiary/aromatic N) is 1. The minimum atomic E-state index is -0.0732. The molecule has 1 aliphatic rings. The summed E-state index contributed by atoms with van der Waals surface area (Å²) in [6, 6.07) is 4.09. The quantitative estimate of drug-likeness (QED) is 0.683. The predicted molar refractivity (Wildman–Crippen MR) is 60.5 cm³/mol. The summed E-state index contributed by atoms with van der Waals surface area (Å²) in [7, 11) is 2.12. The van der Waals surface area contributed by atoms with Crippen LogP contribution in [-0.2, 0) is 0 Å². The molecule has 0 saturated carbocycles. The third kappa shape index (κ3) is 1.91. The maximum absolute atomic E-state index is 13.5. The molecule has 15 heavy (non-hydrogen) atoms. The number of hydrogen-bond donors (Lipinski definition) is 0. The topological polar surface area (TPSA) is 3.24 Å². The van der Waals surface area contributed by atoms with Crippen molar-refractivity contribution in [1.82, 2.24) is 4.90 Å². The first kappa shape index (κ1) is 10.6. The van der Waals surface area contributed by atoms with Crippen molar-refractivity contribution in [2.24, 2.45) is 0 Å². The molecule has 1 nitrogen and oxygen atoms in total. The van der Waals surface area contributed by atoms with Gasteiger partial charge in [0.25, 0.3) is 0 Å². The number of halogens is 1. The molecule has 0 N–H and O–H groups in total. The maximum atomic E-state index is 13.5. The van der Waals surface area contributed by atoms with Gasteiger partial charge in [0.2, 0.25) is 0 Å². The zero-order chi connectivity index (χ0) is 11.0. The van der Waals surface area contributed by atoms with Gasteiger partial charge in [-0.15, -0.1) is 0 Å². The first-order valence-electron chi connectivity index (χ1n) is 5.56. The van der Waals surface area contributed by atoms with E-state index in [0.29, 0.717) is 6.04 Å². The summed E-state index contributed by atoms with van der Waals surface area (Å²) < 4.78 is 13.5. The lowest BCUT2D eigenvalue weighted by molar-refractivity contribution is 0.315. The van der Waals surface area contributed by atoms with Crippen LogP contribution in [0.4, 0.5) is 4.39 Å². The second-order valence-electron chi connectivity index (χ2n) is 4.60. The lowest BCUT2D eigenvalue weighted by Gasteiger charge is -2.22. The van der Waals surface area contributed by atoms with E-state index in [9.17, 15) is 4.39 Å². The van der Waals surface area contributed by atoms with Crippen molar-refractivity contribution < 1.29 is 4.39 Å². The average Bonchev–Trinajstić information content (AvgIpc) is 2.58. The lowest BCUT2D eigenvalue weighted by atomic mass is 9.97. The van der Waals surface area contributed by atoms with Crippen molar-refractivity contribution in [3.05, 3.63) is 34.6 Å². The second-order valence-corrected chi connectivity index (χ2v) is 4.60. The third-order valence-corrected chi connectivity index (χ3v) is 3.43. The van der Waals surface area contributed by atoms with E-state index in [1.165, 1.54) is 12.0 Å². The number of hydrogen-bond acceptors (Lipinski definition) is 1. The summed E-state index contributed by atoms with van der Waals surface area (Å²) in [5.41, 5.74) is 3.13. The van der Waals surface area contributed by atoms with Crippen LogP contribution >= 0.6 is 0 Å². The molecule has 2 heteroatoms. The van der Waals surface area contributed by atoms with Crippen molar-refractivity contribution in [2.75, 3.05) is 13.6 Å². The number of rotatable bonds is 1. The highest BCUT2D eigenvalue weighted by atomic mass is 19.1. The van der Waals surface area contributed by atoms with Crippen LogP contribution in [-0.4, -0.2) is 18.5 Å². The molecule has 1 saturated heterocycles. The number of benzene rings is 1. The summed E-state index contributed by atoms with van der Waals surface area (Å²) in [6.45, 7) is 5.03. The van der Waals surface area contributed by atoms with Gasteiger partial charge in [-0.05, 0) is 63.0 Å². The number of aryl methyl sites for hydroxylation is 2. The van der Waals surface area contributed by atoms with Gasteiger partial charge in [-0.25, -0.2) is 4.39 Å². The molecule has 1 heterocycles. The Bertz CT molecular complexity index is 373. The lowest BCUT2D eigenvalue weighted by Crippen LogP contribution is -2.18. The van der Waals surface area contributed by atoms with Crippen LogP contribution in [0.1, 0.15) is 35.6 Å². The monoisotopic (exact) mass is 207 g/mol. The van der Waals surface area contributed by atoms with Crippen LogP contribution in [0.3, 0.4) is 0 Å². The standard InChI is InChI=1S/C13H18FN/c1-9-7-10(2)12(14)8-11(9)13-5-4-6-15(13)3/h7-8,13H,4-6H2,1-3H3. The highest BCUT2D eigenvalue weighted by Crippen LogP contribution is 2.33. The van der Waals surface area contributed by atoms with Gasteiger partial charge >= 0.3 is 0 Å². The fourth-order valence-electron chi connectivity index (χ4n) is 2.50. The zero-order valence-corrected chi connectivity index (χ0v) is 9.68. The van der Waals surface area contributed by atoms with Crippen LogP contribution in [0, 0.1) is 19.7 Å². The molecule has 0 spiro atoms. The smallest absolute Gasteiger partial charge is 0.126 e. The van der Waals surface area contributed by atoms with Gasteiger partial charge in [-0.3, -0.25) is 4.90 Å². The van der Waals surface area contributed by atoms with E-state index in [2.05, 4.69) is 18.9 Å². The van der Waals surface area contributed by atoms with E-state index in [-0.39, 0.29) is 5.82 Å². The normalized spacial score (nSPS) is 22.3. The Morgan fingerprint density at radius 3 is 2.60 bits per heavy atom. The molecule has 1 aliphatic heterocycles. The van der Waals surface area contributed by atoms with Crippen molar-refractivity contribution in [3.63, 3.8) is 0 Å². The van der Waals surface area contributed by atoms with E-state index in [1.54, 1.807) is 6.07 Å². The Morgan fingerprint density at radius 1 is 1.27 bits per heavy atom. The summed E-state index contributed by atoms with van der Waals surface area (Å²) in [4.78, 5) is 2.32. The van der Waals surface area contributed by atoms with Gasteiger partial charge in [-0.1, -0.05) is 6.07 Å². The summed E-state index contributed by atoms with van der Waals surface area (Å²) in [5.74, 6) is -0.0732. The molecular weight excluding hydrogens is 189 g/mol. The molecule has 1 atom stereocenters. The molecule has 1 aromatic carbocycles. The van der Waals surface area contributed by atoms with E-state index in [4.69, 9.17) is 0 Å². The molecule has 0 aromatic heterocycles. The van der Waals surface area contributed by atoms with Gasteiger partial charge < -0.3 is 0 Å². The molecule has 0 bridgehead atoms. The average molecular weight is 207 g/mol. The molecule has 1 fully saturated rings. The van der Waals surface area contributed by atoms with Crippen molar-refractivity contribution >= 4 is 0 Å². The van der Waals surface area contributed by atoms with Crippen molar-refractivity contribution in [2.45, 2.75) is 32.7 Å². The Labute approximate surface area is 90.9 Å².